The maximum Gasteiger partial charge on any atom is 0.262 e. The van der Waals surface area contributed by atoms with Crippen molar-refractivity contribution in [2.45, 2.75) is 17.5 Å². The summed E-state index contributed by atoms with van der Waals surface area (Å²) in [5, 5.41) is 4.85. The molecule has 5 aromatic rings. The van der Waals surface area contributed by atoms with Crippen molar-refractivity contribution >= 4 is 22.7 Å². The lowest BCUT2D eigenvalue weighted by Gasteiger charge is -2.13. The van der Waals surface area contributed by atoms with Gasteiger partial charge in [-0.25, -0.2) is 9.37 Å². The number of benzene rings is 2. The summed E-state index contributed by atoms with van der Waals surface area (Å²) >= 11 is 1.29. The Balaban J connectivity index is 1.35. The largest absolute Gasteiger partial charge is 0.454 e. The maximum atomic E-state index is 13.5. The van der Waals surface area contributed by atoms with Crippen LogP contribution in [0.1, 0.15) is 11.5 Å². The van der Waals surface area contributed by atoms with Crippen molar-refractivity contribution in [3.63, 3.8) is 0 Å². The fourth-order valence-corrected chi connectivity index (χ4v) is 4.53. The van der Waals surface area contributed by atoms with Gasteiger partial charge in [-0.05, 0) is 35.9 Å². The Hall–Kier alpha value is -4.25. The topological polar surface area (TPSA) is 105 Å². The van der Waals surface area contributed by atoms with Gasteiger partial charge in [-0.15, -0.1) is 0 Å². The van der Waals surface area contributed by atoms with E-state index in [1.807, 2.05) is 12.1 Å². The van der Waals surface area contributed by atoms with Gasteiger partial charge in [-0.3, -0.25) is 14.3 Å². The van der Waals surface area contributed by atoms with Crippen LogP contribution in [-0.4, -0.2) is 31.5 Å². The van der Waals surface area contributed by atoms with Gasteiger partial charge in [-0.1, -0.05) is 29.1 Å². The highest BCUT2D eigenvalue weighted by Crippen LogP contribution is 2.35. The lowest BCUT2D eigenvalue weighted by molar-refractivity contribution is 0.174. The molecule has 11 heteroatoms. The number of fused-ring (bicyclic) bond motifs is 2. The van der Waals surface area contributed by atoms with Gasteiger partial charge in [0, 0.05) is 24.0 Å². The molecule has 4 heterocycles. The number of halogens is 1. The van der Waals surface area contributed by atoms with Gasteiger partial charge in [0.15, 0.2) is 16.7 Å². The van der Waals surface area contributed by atoms with E-state index in [2.05, 4.69) is 15.1 Å². The van der Waals surface area contributed by atoms with Crippen LogP contribution in [0.2, 0.25) is 0 Å². The molecule has 9 nitrogen and oxygen atoms in total. The standard InChI is InChI=1S/C24H16FN5O4S/c25-16-3-1-2-15(8-16)22-28-21(34-29-22)12-35-24-27-18-10-20-19(32-13-33-20)9-17(18)23(31)30(24)11-14-4-6-26-7-5-14/h1-10H,11-13H2. The summed E-state index contributed by atoms with van der Waals surface area (Å²) in [4.78, 5) is 26.6. The Morgan fingerprint density at radius 2 is 1.86 bits per heavy atom. The van der Waals surface area contributed by atoms with Crippen LogP contribution >= 0.6 is 11.8 Å². The molecule has 0 atom stereocenters. The molecule has 1 aliphatic heterocycles. The Kier molecular flexibility index (Phi) is 5.38. The number of hydrogen-bond acceptors (Lipinski definition) is 9. The Morgan fingerprint density at radius 3 is 2.69 bits per heavy atom. The first-order valence-electron chi connectivity index (χ1n) is 10.6. The minimum absolute atomic E-state index is 0.100. The number of aromatic nitrogens is 5. The van der Waals surface area contributed by atoms with Gasteiger partial charge in [0.05, 0.1) is 23.2 Å². The molecule has 0 N–H and O–H groups in total. The molecule has 0 spiro atoms. The zero-order valence-electron chi connectivity index (χ0n) is 18.1. The van der Waals surface area contributed by atoms with Crippen molar-refractivity contribution in [2.75, 3.05) is 6.79 Å². The molecule has 0 radical (unpaired) electrons. The fourth-order valence-electron chi connectivity index (χ4n) is 3.70. The van der Waals surface area contributed by atoms with E-state index in [4.69, 9.17) is 19.0 Å². The van der Waals surface area contributed by atoms with Crippen LogP contribution in [0, 0.1) is 5.82 Å². The third kappa shape index (κ3) is 4.21. The van der Waals surface area contributed by atoms with Crippen molar-refractivity contribution in [1.29, 1.82) is 0 Å². The Bertz CT molecular complexity index is 1610. The van der Waals surface area contributed by atoms with E-state index in [9.17, 15) is 9.18 Å². The average molecular weight is 489 g/mol. The molecule has 174 valence electrons. The molecule has 0 bridgehead atoms. The molecule has 1 aliphatic rings. The van der Waals surface area contributed by atoms with E-state index < -0.39 is 0 Å². The second kappa shape index (κ2) is 8.84. The van der Waals surface area contributed by atoms with Gasteiger partial charge in [-0.2, -0.15) is 4.98 Å². The quantitative estimate of drug-likeness (QED) is 0.258. The smallest absolute Gasteiger partial charge is 0.262 e. The summed E-state index contributed by atoms with van der Waals surface area (Å²) in [6, 6.07) is 13.0. The number of nitrogens with zero attached hydrogens (tertiary/aromatic N) is 5. The predicted octanol–water partition coefficient (Wildman–Crippen LogP) is 4.05. The van der Waals surface area contributed by atoms with Crippen LogP contribution in [0.5, 0.6) is 11.5 Å². The maximum absolute atomic E-state index is 13.5. The molecular formula is C24H16FN5O4S. The number of ether oxygens (including phenoxy) is 2. The van der Waals surface area contributed by atoms with Crippen molar-refractivity contribution in [2.24, 2.45) is 0 Å². The summed E-state index contributed by atoms with van der Waals surface area (Å²) < 4.78 is 31.4. The van der Waals surface area contributed by atoms with Crippen LogP contribution in [0.4, 0.5) is 4.39 Å². The van der Waals surface area contributed by atoms with Crippen LogP contribution in [0.3, 0.4) is 0 Å². The molecule has 3 aromatic heterocycles. The number of thioether (sulfide) groups is 1. The van der Waals surface area contributed by atoms with Crippen molar-refractivity contribution < 1.29 is 18.4 Å². The van der Waals surface area contributed by atoms with Crippen LogP contribution in [-0.2, 0) is 12.3 Å². The second-order valence-corrected chi connectivity index (χ2v) is 8.62. The van der Waals surface area contributed by atoms with Gasteiger partial charge in [0.1, 0.15) is 5.82 Å². The van der Waals surface area contributed by atoms with Crippen LogP contribution in [0.15, 0.2) is 75.4 Å². The minimum atomic E-state index is -0.385. The zero-order chi connectivity index (χ0) is 23.8. The molecule has 0 fully saturated rings. The highest BCUT2D eigenvalue weighted by molar-refractivity contribution is 7.98. The van der Waals surface area contributed by atoms with E-state index in [0.29, 0.717) is 45.6 Å². The van der Waals surface area contributed by atoms with Gasteiger partial charge < -0.3 is 14.0 Å². The van der Waals surface area contributed by atoms with E-state index in [1.54, 1.807) is 41.2 Å². The summed E-state index contributed by atoms with van der Waals surface area (Å²) in [7, 11) is 0. The van der Waals surface area contributed by atoms with Crippen LogP contribution < -0.4 is 15.0 Å². The highest BCUT2D eigenvalue weighted by Gasteiger charge is 2.20. The minimum Gasteiger partial charge on any atom is -0.454 e. The highest BCUT2D eigenvalue weighted by atomic mass is 32.2. The van der Waals surface area contributed by atoms with E-state index in [-0.39, 0.29) is 29.7 Å². The average Bonchev–Trinajstić information content (AvgIpc) is 3.54. The number of hydrogen-bond donors (Lipinski definition) is 0. The first-order valence-corrected chi connectivity index (χ1v) is 11.6. The summed E-state index contributed by atoms with van der Waals surface area (Å²) in [5.41, 5.74) is 1.70. The zero-order valence-corrected chi connectivity index (χ0v) is 18.9. The first kappa shape index (κ1) is 21.3. The molecule has 0 unspecified atom stereocenters. The molecule has 0 amide bonds. The Labute approximate surface area is 201 Å². The van der Waals surface area contributed by atoms with Crippen LogP contribution in [0.25, 0.3) is 22.3 Å². The van der Waals surface area contributed by atoms with E-state index in [1.165, 1.54) is 23.9 Å². The summed E-state index contributed by atoms with van der Waals surface area (Å²) in [6.07, 6.45) is 3.35. The second-order valence-electron chi connectivity index (χ2n) is 7.67. The van der Waals surface area contributed by atoms with E-state index >= 15 is 0 Å². The van der Waals surface area contributed by atoms with Crippen molar-refractivity contribution in [1.82, 2.24) is 24.7 Å². The van der Waals surface area contributed by atoms with Crippen molar-refractivity contribution in [3.05, 3.63) is 88.5 Å². The first-order chi connectivity index (χ1) is 17.1. The molecule has 0 saturated heterocycles. The monoisotopic (exact) mass is 489 g/mol. The third-order valence-electron chi connectivity index (χ3n) is 5.38. The number of rotatable bonds is 6. The molecular weight excluding hydrogens is 473 g/mol. The van der Waals surface area contributed by atoms with Gasteiger partial charge >= 0.3 is 0 Å². The van der Waals surface area contributed by atoms with E-state index in [0.717, 1.165) is 5.56 Å². The molecule has 2 aromatic carbocycles. The number of pyridine rings is 1. The van der Waals surface area contributed by atoms with Gasteiger partial charge in [0.25, 0.3) is 5.56 Å². The SMILES string of the molecule is O=c1c2cc3c(cc2nc(SCc2nc(-c4cccc(F)c4)no2)n1Cc1ccncc1)OCO3. The third-order valence-corrected chi connectivity index (χ3v) is 6.34. The normalized spacial score (nSPS) is 12.4. The molecule has 6 rings (SSSR count). The lowest BCUT2D eigenvalue weighted by Crippen LogP contribution is -2.24. The fraction of sp³-hybridized carbons (Fsp3) is 0.125. The van der Waals surface area contributed by atoms with Crippen molar-refractivity contribution in [3.8, 4) is 22.9 Å². The lowest BCUT2D eigenvalue weighted by atomic mass is 10.2. The molecule has 0 aliphatic carbocycles. The summed E-state index contributed by atoms with van der Waals surface area (Å²) in [5.74, 6) is 1.55. The molecule has 0 saturated carbocycles. The Morgan fingerprint density at radius 1 is 1.03 bits per heavy atom. The molecule has 35 heavy (non-hydrogen) atoms. The predicted molar refractivity (Wildman–Crippen MR) is 125 cm³/mol. The van der Waals surface area contributed by atoms with Gasteiger partial charge in [0.2, 0.25) is 18.5 Å². The summed E-state index contributed by atoms with van der Waals surface area (Å²) in [6.45, 7) is 0.405.